The van der Waals surface area contributed by atoms with Crippen molar-refractivity contribution in [3.05, 3.63) is 23.8 Å². The lowest BCUT2D eigenvalue weighted by molar-refractivity contribution is 0.0918. The van der Waals surface area contributed by atoms with E-state index >= 15 is 0 Å². The Morgan fingerprint density at radius 1 is 1.29 bits per heavy atom. The Morgan fingerprint density at radius 2 is 2.00 bits per heavy atom. The van der Waals surface area contributed by atoms with Crippen LogP contribution in [0, 0.1) is 0 Å². The summed E-state index contributed by atoms with van der Waals surface area (Å²) < 4.78 is 33.2. The van der Waals surface area contributed by atoms with Crippen molar-refractivity contribution in [2.45, 2.75) is 18.7 Å². The molecule has 8 heteroatoms. The molecule has 0 aliphatic carbocycles. The quantitative estimate of drug-likeness (QED) is 0.679. The van der Waals surface area contributed by atoms with Crippen LogP contribution in [0.1, 0.15) is 24.2 Å². The van der Waals surface area contributed by atoms with E-state index in [4.69, 9.17) is 14.6 Å². The van der Waals surface area contributed by atoms with Crippen molar-refractivity contribution in [3.8, 4) is 5.75 Å². The minimum atomic E-state index is -3.88. The molecule has 0 heterocycles. The van der Waals surface area contributed by atoms with E-state index in [1.807, 2.05) is 6.92 Å². The number of nitrogens with two attached hydrogens (primary N) is 1. The van der Waals surface area contributed by atoms with Gasteiger partial charge in [-0.3, -0.25) is 4.79 Å². The molecular weight excluding hydrogens is 296 g/mol. The maximum Gasteiger partial charge on any atom is 0.255 e. The highest BCUT2D eigenvalue weighted by Crippen LogP contribution is 2.22. The summed E-state index contributed by atoms with van der Waals surface area (Å²) in [4.78, 5) is 12.0. The fraction of sp³-hybridized carbons (Fsp3) is 0.462. The summed E-state index contributed by atoms with van der Waals surface area (Å²) in [6.07, 6.45) is 0. The van der Waals surface area contributed by atoms with E-state index < -0.39 is 15.9 Å². The second-order valence-electron chi connectivity index (χ2n) is 4.09. The molecule has 0 spiro atoms. The van der Waals surface area contributed by atoms with E-state index in [0.717, 1.165) is 0 Å². The number of amides is 1. The number of nitrogens with one attached hydrogen (secondary N) is 1. The number of hydrogen-bond donors (Lipinski definition) is 2. The van der Waals surface area contributed by atoms with Gasteiger partial charge < -0.3 is 14.8 Å². The molecule has 1 aromatic rings. The molecule has 0 saturated heterocycles. The predicted molar refractivity (Wildman–Crippen MR) is 77.8 cm³/mol. The Morgan fingerprint density at radius 3 is 2.57 bits per heavy atom. The van der Waals surface area contributed by atoms with Gasteiger partial charge >= 0.3 is 0 Å². The molecular formula is C13H20N2O5S. The van der Waals surface area contributed by atoms with Gasteiger partial charge in [-0.05, 0) is 32.0 Å². The molecule has 21 heavy (non-hydrogen) atoms. The first-order valence-electron chi connectivity index (χ1n) is 6.55. The molecule has 3 N–H and O–H groups in total. The van der Waals surface area contributed by atoms with Gasteiger partial charge in [0.1, 0.15) is 5.75 Å². The monoisotopic (exact) mass is 316 g/mol. The maximum absolute atomic E-state index is 12.1. The number of rotatable bonds is 8. The maximum atomic E-state index is 12.1. The van der Waals surface area contributed by atoms with E-state index in [1.165, 1.54) is 18.2 Å². The van der Waals surface area contributed by atoms with Gasteiger partial charge in [0, 0.05) is 13.2 Å². The topological polar surface area (TPSA) is 108 Å². The zero-order valence-electron chi connectivity index (χ0n) is 12.1. The van der Waals surface area contributed by atoms with Crippen molar-refractivity contribution >= 4 is 15.9 Å². The van der Waals surface area contributed by atoms with Crippen LogP contribution in [0.25, 0.3) is 0 Å². The first kappa shape index (κ1) is 17.4. The second kappa shape index (κ2) is 7.96. The Bertz CT molecular complexity index is 586. The third kappa shape index (κ3) is 5.33. The van der Waals surface area contributed by atoms with Crippen LogP contribution >= 0.6 is 0 Å². The van der Waals surface area contributed by atoms with Gasteiger partial charge in [-0.2, -0.15) is 0 Å². The molecule has 0 unspecified atom stereocenters. The molecule has 1 amide bonds. The van der Waals surface area contributed by atoms with Crippen LogP contribution in [0.2, 0.25) is 0 Å². The lowest BCUT2D eigenvalue weighted by atomic mass is 10.2. The van der Waals surface area contributed by atoms with Crippen molar-refractivity contribution in [1.82, 2.24) is 5.32 Å². The summed E-state index contributed by atoms with van der Waals surface area (Å²) in [7, 11) is -3.88. The highest BCUT2D eigenvalue weighted by Gasteiger charge is 2.17. The lowest BCUT2D eigenvalue weighted by Gasteiger charge is -2.12. The SMILES string of the molecule is CCOCCNC(=O)c1cc(S(N)(=O)=O)ccc1OCC. The third-order valence-corrected chi connectivity index (χ3v) is 3.47. The fourth-order valence-electron chi connectivity index (χ4n) is 1.62. The van der Waals surface area contributed by atoms with E-state index in [-0.39, 0.29) is 10.5 Å². The number of ether oxygens (including phenoxy) is 2. The Labute approximate surface area is 124 Å². The normalized spacial score (nSPS) is 11.2. The van der Waals surface area contributed by atoms with Crippen LogP contribution in [0.15, 0.2) is 23.1 Å². The minimum Gasteiger partial charge on any atom is -0.493 e. The van der Waals surface area contributed by atoms with Gasteiger partial charge in [0.25, 0.3) is 5.91 Å². The summed E-state index contributed by atoms with van der Waals surface area (Å²) >= 11 is 0. The fourth-order valence-corrected chi connectivity index (χ4v) is 2.16. The van der Waals surface area contributed by atoms with Gasteiger partial charge in [-0.15, -0.1) is 0 Å². The zero-order valence-corrected chi connectivity index (χ0v) is 12.9. The highest BCUT2D eigenvalue weighted by molar-refractivity contribution is 7.89. The molecule has 1 rings (SSSR count). The first-order valence-corrected chi connectivity index (χ1v) is 8.10. The number of benzene rings is 1. The van der Waals surface area contributed by atoms with Crippen LogP contribution in [0.3, 0.4) is 0 Å². The molecule has 118 valence electrons. The van der Waals surface area contributed by atoms with Gasteiger partial charge in [0.2, 0.25) is 10.0 Å². The van der Waals surface area contributed by atoms with Gasteiger partial charge in [-0.1, -0.05) is 0 Å². The van der Waals surface area contributed by atoms with E-state index in [1.54, 1.807) is 6.92 Å². The average Bonchev–Trinajstić information content (AvgIpc) is 2.43. The molecule has 0 aliphatic heterocycles. The van der Waals surface area contributed by atoms with Crippen molar-refractivity contribution in [2.24, 2.45) is 5.14 Å². The molecule has 0 aliphatic rings. The van der Waals surface area contributed by atoms with Gasteiger partial charge in [0.15, 0.2) is 0 Å². The summed E-state index contributed by atoms with van der Waals surface area (Å²) in [5.74, 6) is -0.137. The van der Waals surface area contributed by atoms with E-state index in [9.17, 15) is 13.2 Å². The van der Waals surface area contributed by atoms with E-state index in [0.29, 0.717) is 32.1 Å². The first-order chi connectivity index (χ1) is 9.90. The van der Waals surface area contributed by atoms with Crippen LogP contribution in [-0.2, 0) is 14.8 Å². The molecule has 1 aromatic carbocycles. The van der Waals surface area contributed by atoms with Crippen LogP contribution in [0.5, 0.6) is 5.75 Å². The smallest absolute Gasteiger partial charge is 0.255 e. The molecule has 0 aromatic heterocycles. The number of carbonyl (C=O) groups is 1. The molecule has 0 saturated carbocycles. The number of primary sulfonamides is 1. The summed E-state index contributed by atoms with van der Waals surface area (Å²) in [6.45, 7) is 5.22. The molecule has 0 atom stereocenters. The largest absolute Gasteiger partial charge is 0.493 e. The summed E-state index contributed by atoms with van der Waals surface area (Å²) in [5.41, 5.74) is 0.125. The van der Waals surface area contributed by atoms with Gasteiger partial charge in [-0.25, -0.2) is 13.6 Å². The molecule has 0 radical (unpaired) electrons. The van der Waals surface area contributed by atoms with Crippen molar-refractivity contribution < 1.29 is 22.7 Å². The van der Waals surface area contributed by atoms with E-state index in [2.05, 4.69) is 5.32 Å². The highest BCUT2D eigenvalue weighted by atomic mass is 32.2. The van der Waals surface area contributed by atoms with Gasteiger partial charge in [0.05, 0.1) is 23.7 Å². The Kier molecular flexibility index (Phi) is 6.60. The molecule has 7 nitrogen and oxygen atoms in total. The van der Waals surface area contributed by atoms with Crippen LogP contribution < -0.4 is 15.2 Å². The number of sulfonamides is 1. The average molecular weight is 316 g/mol. The van der Waals surface area contributed by atoms with Crippen molar-refractivity contribution in [3.63, 3.8) is 0 Å². The van der Waals surface area contributed by atoms with Crippen LogP contribution in [0.4, 0.5) is 0 Å². The zero-order chi connectivity index (χ0) is 15.9. The Hall–Kier alpha value is -1.64. The predicted octanol–water partition coefficient (Wildman–Crippen LogP) is 0.499. The lowest BCUT2D eigenvalue weighted by Crippen LogP contribution is -2.28. The van der Waals surface area contributed by atoms with Crippen molar-refractivity contribution in [2.75, 3.05) is 26.4 Å². The summed E-state index contributed by atoms with van der Waals surface area (Å²) in [6, 6.07) is 3.92. The molecule has 0 bridgehead atoms. The minimum absolute atomic E-state index is 0.125. The third-order valence-electron chi connectivity index (χ3n) is 2.56. The second-order valence-corrected chi connectivity index (χ2v) is 5.65. The molecule has 0 fully saturated rings. The number of hydrogen-bond acceptors (Lipinski definition) is 5. The summed E-state index contributed by atoms with van der Waals surface area (Å²) in [5, 5.41) is 7.70. The van der Waals surface area contributed by atoms with Crippen molar-refractivity contribution in [1.29, 1.82) is 0 Å². The standard InChI is InChI=1S/C13H20N2O5S/c1-3-19-8-7-15-13(16)11-9-10(21(14,17)18)5-6-12(11)20-4-2/h5-6,9H,3-4,7-8H2,1-2H3,(H,15,16)(H2,14,17,18). The van der Waals surface area contributed by atoms with Crippen LogP contribution in [-0.4, -0.2) is 40.7 Å². The Balaban J connectivity index is 2.97. The number of carbonyl (C=O) groups excluding carboxylic acids is 1.